The molecule has 2 rings (SSSR count). The average Bonchev–Trinajstić information content (AvgIpc) is 3.08. The third kappa shape index (κ3) is 6.31. The Morgan fingerprint density at radius 2 is 2.12 bits per heavy atom. The number of aryl methyl sites for hydroxylation is 1. The fraction of sp³-hybridized carbons (Fsp3) is 0.467. The first kappa shape index (κ1) is 23.0. The van der Waals surface area contributed by atoms with Gasteiger partial charge in [0, 0.05) is 37.3 Å². The van der Waals surface area contributed by atoms with Crippen molar-refractivity contribution < 1.29 is 13.2 Å². The van der Waals surface area contributed by atoms with E-state index in [1.165, 1.54) is 24.6 Å². The summed E-state index contributed by atoms with van der Waals surface area (Å²) in [7, 11) is 3.28. The van der Waals surface area contributed by atoms with E-state index in [1.54, 1.807) is 0 Å². The average molecular weight is 522 g/mol. The Labute approximate surface area is 176 Å². The van der Waals surface area contributed by atoms with Crippen LogP contribution in [-0.2, 0) is 26.3 Å². The van der Waals surface area contributed by atoms with Gasteiger partial charge in [0.1, 0.15) is 0 Å². The molecule has 0 aliphatic rings. The smallest absolute Gasteiger partial charge is 0.357 e. The van der Waals surface area contributed by atoms with Gasteiger partial charge in [-0.15, -0.1) is 35.3 Å². The van der Waals surface area contributed by atoms with E-state index in [4.69, 9.17) is 11.6 Å². The number of nitrogens with one attached hydrogen (secondary N) is 1. The van der Waals surface area contributed by atoms with Crippen molar-refractivity contribution in [1.29, 1.82) is 0 Å². The molecule has 0 saturated carbocycles. The van der Waals surface area contributed by atoms with Gasteiger partial charge in [-0.3, -0.25) is 4.68 Å². The maximum absolute atomic E-state index is 13.0. The maximum Gasteiger partial charge on any atom is 0.435 e. The van der Waals surface area contributed by atoms with E-state index in [1.807, 2.05) is 31.0 Å². The molecule has 26 heavy (non-hydrogen) atoms. The van der Waals surface area contributed by atoms with Crippen molar-refractivity contribution in [3.8, 4) is 0 Å². The Morgan fingerprint density at radius 1 is 1.42 bits per heavy atom. The van der Waals surface area contributed by atoms with E-state index in [0.717, 1.165) is 9.56 Å². The van der Waals surface area contributed by atoms with Gasteiger partial charge in [0.15, 0.2) is 11.7 Å². The van der Waals surface area contributed by atoms with E-state index < -0.39 is 11.9 Å². The lowest BCUT2D eigenvalue weighted by atomic mass is 10.2. The quantitative estimate of drug-likeness (QED) is 0.361. The number of alkyl halides is 3. The number of guanidine groups is 1. The molecule has 0 bridgehead atoms. The van der Waals surface area contributed by atoms with Gasteiger partial charge in [-0.2, -0.15) is 18.3 Å². The second kappa shape index (κ2) is 9.79. The minimum Gasteiger partial charge on any atom is -0.357 e. The zero-order valence-corrected chi connectivity index (χ0v) is 18.4. The molecule has 146 valence electrons. The molecule has 1 N–H and O–H groups in total. The van der Waals surface area contributed by atoms with Crippen molar-refractivity contribution in [2.45, 2.75) is 26.2 Å². The standard InChI is InChI=1S/C15H19ClF3N5S.HI/c1-4-20-14(23(2)9-11-5-6-12(16)25-11)21-7-10-8-24(3)22-13(10)15(17,18)19;/h5-6,8H,4,7,9H2,1-3H3,(H,20,21);1H. The molecule has 0 amide bonds. The van der Waals surface area contributed by atoms with Crippen LogP contribution in [0.25, 0.3) is 0 Å². The van der Waals surface area contributed by atoms with E-state index in [9.17, 15) is 13.2 Å². The summed E-state index contributed by atoms with van der Waals surface area (Å²) in [4.78, 5) is 7.20. The lowest BCUT2D eigenvalue weighted by molar-refractivity contribution is -0.142. The molecular weight excluding hydrogens is 502 g/mol. The topological polar surface area (TPSA) is 45.5 Å². The first-order valence-corrected chi connectivity index (χ1v) is 8.73. The number of hydrogen-bond acceptors (Lipinski definition) is 3. The molecular formula is C15H20ClF3IN5S. The largest absolute Gasteiger partial charge is 0.435 e. The number of halogens is 5. The van der Waals surface area contributed by atoms with Crippen molar-refractivity contribution >= 4 is 52.9 Å². The zero-order chi connectivity index (χ0) is 18.6. The summed E-state index contributed by atoms with van der Waals surface area (Å²) in [5.74, 6) is 0.518. The van der Waals surface area contributed by atoms with E-state index in [0.29, 0.717) is 23.4 Å². The Morgan fingerprint density at radius 3 is 2.65 bits per heavy atom. The van der Waals surface area contributed by atoms with Gasteiger partial charge >= 0.3 is 6.18 Å². The molecule has 0 aromatic carbocycles. The summed E-state index contributed by atoms with van der Waals surface area (Å²) in [6.45, 7) is 2.95. The lowest BCUT2D eigenvalue weighted by Crippen LogP contribution is -2.38. The van der Waals surface area contributed by atoms with Gasteiger partial charge in [0.05, 0.1) is 17.4 Å². The van der Waals surface area contributed by atoms with E-state index in [-0.39, 0.29) is 36.1 Å². The Hall–Kier alpha value is -1.01. The molecule has 0 aliphatic heterocycles. The van der Waals surface area contributed by atoms with Gasteiger partial charge in [-0.25, -0.2) is 4.99 Å². The molecule has 0 fully saturated rings. The molecule has 0 atom stereocenters. The summed E-state index contributed by atoms with van der Waals surface area (Å²) in [6.07, 6.45) is -3.15. The minimum absolute atomic E-state index is 0. The van der Waals surface area contributed by atoms with Crippen LogP contribution in [0.15, 0.2) is 23.3 Å². The zero-order valence-electron chi connectivity index (χ0n) is 14.5. The van der Waals surface area contributed by atoms with Crippen LogP contribution in [0.5, 0.6) is 0 Å². The fourth-order valence-electron chi connectivity index (χ4n) is 2.27. The van der Waals surface area contributed by atoms with Crippen molar-refractivity contribution in [2.75, 3.05) is 13.6 Å². The Kier molecular flexibility index (Phi) is 8.67. The van der Waals surface area contributed by atoms with Crippen molar-refractivity contribution in [2.24, 2.45) is 12.0 Å². The van der Waals surface area contributed by atoms with Gasteiger partial charge in [0.25, 0.3) is 0 Å². The van der Waals surface area contributed by atoms with Crippen molar-refractivity contribution in [1.82, 2.24) is 20.0 Å². The number of rotatable bonds is 5. The highest BCUT2D eigenvalue weighted by Gasteiger charge is 2.36. The lowest BCUT2D eigenvalue weighted by Gasteiger charge is -2.21. The summed E-state index contributed by atoms with van der Waals surface area (Å²) < 4.78 is 40.9. The normalized spacial score (nSPS) is 12.0. The molecule has 0 radical (unpaired) electrons. The maximum atomic E-state index is 13.0. The van der Waals surface area contributed by atoms with Crippen LogP contribution in [0.1, 0.15) is 23.1 Å². The third-order valence-electron chi connectivity index (χ3n) is 3.29. The van der Waals surface area contributed by atoms with Crippen LogP contribution in [0, 0.1) is 0 Å². The second-order valence-electron chi connectivity index (χ2n) is 5.41. The number of aliphatic imine (C=N–C) groups is 1. The predicted octanol–water partition coefficient (Wildman–Crippen LogP) is 4.37. The van der Waals surface area contributed by atoms with Gasteiger partial charge in [-0.1, -0.05) is 11.6 Å². The molecule has 0 spiro atoms. The molecule has 2 aromatic heterocycles. The molecule has 0 unspecified atom stereocenters. The molecule has 2 heterocycles. The predicted molar refractivity (Wildman–Crippen MR) is 109 cm³/mol. The van der Waals surface area contributed by atoms with E-state index >= 15 is 0 Å². The first-order valence-electron chi connectivity index (χ1n) is 7.54. The van der Waals surface area contributed by atoms with Gasteiger partial charge in [-0.05, 0) is 19.1 Å². The van der Waals surface area contributed by atoms with Crippen molar-refractivity contribution in [3.05, 3.63) is 38.8 Å². The Bertz CT molecular complexity index is 744. The summed E-state index contributed by atoms with van der Waals surface area (Å²) in [6, 6.07) is 3.72. The molecule has 11 heteroatoms. The molecule has 0 saturated heterocycles. The highest BCUT2D eigenvalue weighted by molar-refractivity contribution is 14.0. The monoisotopic (exact) mass is 521 g/mol. The SMILES string of the molecule is CCNC(=NCc1cn(C)nc1C(F)(F)F)N(C)Cc1ccc(Cl)s1.I. The van der Waals surface area contributed by atoms with Crippen molar-refractivity contribution in [3.63, 3.8) is 0 Å². The Balaban J connectivity index is 0.00000338. The number of hydrogen-bond donors (Lipinski definition) is 1. The number of aromatic nitrogens is 2. The first-order chi connectivity index (χ1) is 11.7. The summed E-state index contributed by atoms with van der Waals surface area (Å²) in [5, 5.41) is 6.58. The molecule has 5 nitrogen and oxygen atoms in total. The van der Waals surface area contributed by atoms with Crippen LogP contribution >= 0.6 is 46.9 Å². The highest BCUT2D eigenvalue weighted by atomic mass is 127. The van der Waals surface area contributed by atoms with Crippen LogP contribution < -0.4 is 5.32 Å². The highest BCUT2D eigenvalue weighted by Crippen LogP contribution is 2.31. The number of nitrogens with zero attached hydrogens (tertiary/aromatic N) is 4. The van der Waals surface area contributed by atoms with Crippen LogP contribution in [0.4, 0.5) is 13.2 Å². The number of thiophene rings is 1. The molecule has 0 aliphatic carbocycles. The summed E-state index contributed by atoms with van der Waals surface area (Å²) >= 11 is 7.38. The third-order valence-corrected chi connectivity index (χ3v) is 4.51. The fourth-order valence-corrected chi connectivity index (χ4v) is 3.41. The van der Waals surface area contributed by atoms with Crippen LogP contribution in [0.2, 0.25) is 4.34 Å². The van der Waals surface area contributed by atoms with Gasteiger partial charge < -0.3 is 10.2 Å². The van der Waals surface area contributed by atoms with Crippen LogP contribution in [0.3, 0.4) is 0 Å². The minimum atomic E-state index is -4.50. The van der Waals surface area contributed by atoms with Crippen LogP contribution in [-0.4, -0.2) is 34.2 Å². The second-order valence-corrected chi connectivity index (χ2v) is 7.21. The van der Waals surface area contributed by atoms with E-state index in [2.05, 4.69) is 15.4 Å². The van der Waals surface area contributed by atoms with Gasteiger partial charge in [0.2, 0.25) is 0 Å². The molecule has 2 aromatic rings. The summed E-state index contributed by atoms with van der Waals surface area (Å²) in [5.41, 5.74) is -0.861.